The lowest BCUT2D eigenvalue weighted by atomic mass is 10.1. The molecule has 0 saturated carbocycles. The van der Waals surface area contributed by atoms with Crippen LogP contribution < -0.4 is 4.90 Å². The van der Waals surface area contributed by atoms with Gasteiger partial charge in [0.15, 0.2) is 0 Å². The topological polar surface area (TPSA) is 40.5 Å². The molecule has 2 rings (SSSR count). The molecule has 0 radical (unpaired) electrons. The molecule has 0 spiro atoms. The minimum atomic E-state index is -0.890. The van der Waals surface area contributed by atoms with E-state index in [-0.39, 0.29) is 0 Å². The van der Waals surface area contributed by atoms with Crippen LogP contribution in [0, 0.1) is 6.92 Å². The Hall–Kier alpha value is -2.29. The van der Waals surface area contributed by atoms with E-state index in [0.29, 0.717) is 5.56 Å². The third-order valence-corrected chi connectivity index (χ3v) is 3.10. The van der Waals surface area contributed by atoms with Crippen molar-refractivity contribution < 1.29 is 9.90 Å². The summed E-state index contributed by atoms with van der Waals surface area (Å²) in [5.41, 5.74) is 3.80. The summed E-state index contributed by atoms with van der Waals surface area (Å²) in [6, 6.07) is 15.3. The minimum Gasteiger partial charge on any atom is -0.478 e. The van der Waals surface area contributed by atoms with E-state index in [4.69, 9.17) is 5.11 Å². The highest BCUT2D eigenvalue weighted by atomic mass is 16.4. The maximum Gasteiger partial charge on any atom is 0.335 e. The summed E-state index contributed by atoms with van der Waals surface area (Å²) in [6.45, 7) is 2.82. The van der Waals surface area contributed by atoms with Crippen molar-refractivity contribution in [1.29, 1.82) is 0 Å². The minimum absolute atomic E-state index is 0.321. The van der Waals surface area contributed by atoms with Crippen LogP contribution in [0.2, 0.25) is 0 Å². The molecule has 3 nitrogen and oxygen atoms in total. The van der Waals surface area contributed by atoms with Crippen molar-refractivity contribution in [2.75, 3.05) is 11.9 Å². The third kappa shape index (κ3) is 3.35. The van der Waals surface area contributed by atoms with Gasteiger partial charge in [-0.2, -0.15) is 0 Å². The molecule has 0 fully saturated rings. The number of aromatic carboxylic acids is 1. The number of hydrogen-bond donors (Lipinski definition) is 1. The molecule has 0 amide bonds. The Kier molecular flexibility index (Phi) is 3.85. The number of nitrogens with zero attached hydrogens (tertiary/aromatic N) is 1. The zero-order valence-corrected chi connectivity index (χ0v) is 11.1. The Morgan fingerprint density at radius 3 is 2.16 bits per heavy atom. The molecule has 0 aliphatic rings. The lowest BCUT2D eigenvalue weighted by Crippen LogP contribution is -2.16. The fraction of sp³-hybridized carbons (Fsp3) is 0.188. The van der Waals surface area contributed by atoms with Gasteiger partial charge in [-0.3, -0.25) is 0 Å². The van der Waals surface area contributed by atoms with Gasteiger partial charge in [0.2, 0.25) is 0 Å². The summed E-state index contributed by atoms with van der Waals surface area (Å²) < 4.78 is 0. The zero-order chi connectivity index (χ0) is 13.8. The van der Waals surface area contributed by atoms with Crippen LogP contribution in [0.5, 0.6) is 0 Å². The van der Waals surface area contributed by atoms with Crippen LogP contribution in [0.15, 0.2) is 48.5 Å². The second-order valence-electron chi connectivity index (χ2n) is 4.69. The lowest BCUT2D eigenvalue weighted by Gasteiger charge is -2.19. The van der Waals surface area contributed by atoms with Gasteiger partial charge in [0, 0.05) is 19.3 Å². The molecule has 1 N–H and O–H groups in total. The predicted molar refractivity (Wildman–Crippen MR) is 76.7 cm³/mol. The summed E-state index contributed by atoms with van der Waals surface area (Å²) in [7, 11) is 2.02. The zero-order valence-electron chi connectivity index (χ0n) is 11.1. The Bertz CT molecular complexity index is 558. The number of hydrogen-bond acceptors (Lipinski definition) is 2. The summed E-state index contributed by atoms with van der Waals surface area (Å²) in [4.78, 5) is 12.9. The van der Waals surface area contributed by atoms with Crippen molar-refractivity contribution in [2.45, 2.75) is 13.5 Å². The van der Waals surface area contributed by atoms with Gasteiger partial charge in [-0.05, 0) is 36.8 Å². The molecule has 0 atom stereocenters. The SMILES string of the molecule is Cc1ccc(N(C)Cc2ccc(C(=O)O)cc2)cc1. The Labute approximate surface area is 113 Å². The van der Waals surface area contributed by atoms with Crippen LogP contribution in [0.1, 0.15) is 21.5 Å². The number of carbonyl (C=O) groups is 1. The molecule has 3 heteroatoms. The van der Waals surface area contributed by atoms with Crippen LogP contribution >= 0.6 is 0 Å². The molecule has 19 heavy (non-hydrogen) atoms. The predicted octanol–water partition coefficient (Wildman–Crippen LogP) is 3.33. The van der Waals surface area contributed by atoms with E-state index in [2.05, 4.69) is 36.1 Å². The Balaban J connectivity index is 2.08. The largest absolute Gasteiger partial charge is 0.478 e. The highest BCUT2D eigenvalue weighted by molar-refractivity contribution is 5.87. The van der Waals surface area contributed by atoms with Gasteiger partial charge in [0.25, 0.3) is 0 Å². The smallest absolute Gasteiger partial charge is 0.335 e. The van der Waals surface area contributed by atoms with Gasteiger partial charge < -0.3 is 10.0 Å². The molecule has 0 bridgehead atoms. The average molecular weight is 255 g/mol. The highest BCUT2D eigenvalue weighted by Gasteiger charge is 2.04. The monoisotopic (exact) mass is 255 g/mol. The van der Waals surface area contributed by atoms with E-state index < -0.39 is 5.97 Å². The van der Waals surface area contributed by atoms with Crippen molar-refractivity contribution in [3.05, 3.63) is 65.2 Å². The fourth-order valence-electron chi connectivity index (χ4n) is 1.92. The molecule has 0 aromatic heterocycles. The normalized spacial score (nSPS) is 10.2. The molecule has 0 saturated heterocycles. The molecule has 0 unspecified atom stereocenters. The highest BCUT2D eigenvalue weighted by Crippen LogP contribution is 2.16. The maximum absolute atomic E-state index is 10.8. The molecule has 0 heterocycles. The number of carboxylic acid groups (broad SMARTS) is 1. The van der Waals surface area contributed by atoms with Gasteiger partial charge in [-0.15, -0.1) is 0 Å². The number of rotatable bonds is 4. The number of benzene rings is 2. The van der Waals surface area contributed by atoms with Crippen molar-refractivity contribution >= 4 is 11.7 Å². The molecule has 98 valence electrons. The van der Waals surface area contributed by atoms with Crippen LogP contribution in [0.25, 0.3) is 0 Å². The lowest BCUT2D eigenvalue weighted by molar-refractivity contribution is 0.0697. The molecular formula is C16H17NO2. The summed E-state index contributed by atoms with van der Waals surface area (Å²) in [6.07, 6.45) is 0. The van der Waals surface area contributed by atoms with Crippen LogP contribution in [0.4, 0.5) is 5.69 Å². The van der Waals surface area contributed by atoms with Gasteiger partial charge >= 0.3 is 5.97 Å². The summed E-state index contributed by atoms with van der Waals surface area (Å²) >= 11 is 0. The Morgan fingerprint density at radius 1 is 1.05 bits per heavy atom. The molecule has 0 aliphatic carbocycles. The van der Waals surface area contributed by atoms with Crippen molar-refractivity contribution in [2.24, 2.45) is 0 Å². The van der Waals surface area contributed by atoms with Gasteiger partial charge in [-0.25, -0.2) is 4.79 Å². The Morgan fingerprint density at radius 2 is 1.63 bits per heavy atom. The third-order valence-electron chi connectivity index (χ3n) is 3.10. The van der Waals surface area contributed by atoms with Gasteiger partial charge in [0.05, 0.1) is 5.56 Å². The second-order valence-corrected chi connectivity index (χ2v) is 4.69. The number of anilines is 1. The first-order chi connectivity index (χ1) is 9.06. The van der Waals surface area contributed by atoms with E-state index >= 15 is 0 Å². The van der Waals surface area contributed by atoms with Crippen molar-refractivity contribution in [3.8, 4) is 0 Å². The number of aryl methyl sites for hydroxylation is 1. The summed E-state index contributed by atoms with van der Waals surface area (Å²) in [5.74, 6) is -0.890. The van der Waals surface area contributed by atoms with E-state index in [0.717, 1.165) is 17.8 Å². The number of carboxylic acids is 1. The first kappa shape index (κ1) is 13.1. The molecule has 0 aliphatic heterocycles. The average Bonchev–Trinajstić information content (AvgIpc) is 2.40. The standard InChI is InChI=1S/C16H17NO2/c1-12-3-9-15(10-4-12)17(2)11-13-5-7-14(8-6-13)16(18)19/h3-10H,11H2,1-2H3,(H,18,19). The maximum atomic E-state index is 10.8. The first-order valence-electron chi connectivity index (χ1n) is 6.16. The molecule has 2 aromatic rings. The van der Waals surface area contributed by atoms with Gasteiger partial charge in [0.1, 0.15) is 0 Å². The molecular weight excluding hydrogens is 238 g/mol. The van der Waals surface area contributed by atoms with E-state index in [1.54, 1.807) is 12.1 Å². The summed E-state index contributed by atoms with van der Waals surface area (Å²) in [5, 5.41) is 8.85. The van der Waals surface area contributed by atoms with Crippen molar-refractivity contribution in [1.82, 2.24) is 0 Å². The fourth-order valence-corrected chi connectivity index (χ4v) is 1.92. The first-order valence-corrected chi connectivity index (χ1v) is 6.16. The quantitative estimate of drug-likeness (QED) is 0.911. The van der Waals surface area contributed by atoms with Gasteiger partial charge in [-0.1, -0.05) is 29.8 Å². The molecule has 2 aromatic carbocycles. The van der Waals surface area contributed by atoms with Crippen molar-refractivity contribution in [3.63, 3.8) is 0 Å². The van der Waals surface area contributed by atoms with E-state index in [9.17, 15) is 4.79 Å². The second kappa shape index (κ2) is 5.57. The van der Waals surface area contributed by atoms with Crippen LogP contribution in [0.3, 0.4) is 0 Å². The van der Waals surface area contributed by atoms with E-state index in [1.807, 2.05) is 19.2 Å². The van der Waals surface area contributed by atoms with Crippen LogP contribution in [-0.4, -0.2) is 18.1 Å². The van der Waals surface area contributed by atoms with Crippen LogP contribution in [-0.2, 0) is 6.54 Å². The van der Waals surface area contributed by atoms with E-state index in [1.165, 1.54) is 5.56 Å².